The number of hydrogen-bond donors (Lipinski definition) is 1. The molecule has 0 fully saturated rings. The van der Waals surface area contributed by atoms with Crippen LogP contribution in [0.4, 0.5) is 0 Å². The summed E-state index contributed by atoms with van der Waals surface area (Å²) in [5.74, 6) is 0.941. The normalized spacial score (nSPS) is 12.7. The van der Waals surface area contributed by atoms with Crippen LogP contribution in [-0.4, -0.2) is 16.2 Å². The van der Waals surface area contributed by atoms with Crippen LogP contribution in [0.5, 0.6) is 0 Å². The molecule has 18 heavy (non-hydrogen) atoms. The summed E-state index contributed by atoms with van der Waals surface area (Å²) in [6.07, 6.45) is 1.44. The molecule has 2 rings (SSSR count). The second-order valence-electron chi connectivity index (χ2n) is 4.01. The largest absolute Gasteiger partial charge is 0.334 e. The zero-order chi connectivity index (χ0) is 13.1. The van der Waals surface area contributed by atoms with E-state index in [1.54, 1.807) is 18.2 Å². The number of nitrogens with two attached hydrogens (primary N) is 1. The second-order valence-corrected chi connectivity index (χ2v) is 4.86. The van der Waals surface area contributed by atoms with E-state index in [9.17, 15) is 0 Å². The van der Waals surface area contributed by atoms with Crippen LogP contribution in [0.25, 0.3) is 11.5 Å². The van der Waals surface area contributed by atoms with Crippen molar-refractivity contribution in [2.75, 3.05) is 0 Å². The second kappa shape index (κ2) is 5.69. The van der Waals surface area contributed by atoms with Crippen molar-refractivity contribution in [1.82, 2.24) is 10.1 Å². The lowest BCUT2D eigenvalue weighted by molar-refractivity contribution is 0.419. The van der Waals surface area contributed by atoms with Gasteiger partial charge in [0.1, 0.15) is 0 Å². The molecule has 1 heterocycles. The molecule has 4 nitrogen and oxygen atoms in total. The summed E-state index contributed by atoms with van der Waals surface area (Å²) in [5, 5.41) is 4.97. The molecule has 0 aliphatic heterocycles. The van der Waals surface area contributed by atoms with E-state index >= 15 is 0 Å². The van der Waals surface area contributed by atoms with Crippen molar-refractivity contribution in [3.05, 3.63) is 34.1 Å². The van der Waals surface area contributed by atoms with E-state index in [0.717, 1.165) is 6.42 Å². The maximum absolute atomic E-state index is 6.06. The maximum atomic E-state index is 6.06. The SMILES string of the molecule is CCC(N)Cc1noc(-c2cc(Cl)ccc2Cl)n1. The molecule has 96 valence electrons. The molecule has 6 heteroatoms. The van der Waals surface area contributed by atoms with Gasteiger partial charge in [-0.15, -0.1) is 0 Å². The summed E-state index contributed by atoms with van der Waals surface area (Å²) in [6, 6.07) is 5.13. The Labute approximate surface area is 115 Å². The summed E-state index contributed by atoms with van der Waals surface area (Å²) >= 11 is 12.0. The van der Waals surface area contributed by atoms with E-state index in [4.69, 9.17) is 33.5 Å². The van der Waals surface area contributed by atoms with Gasteiger partial charge in [-0.3, -0.25) is 0 Å². The molecule has 1 unspecified atom stereocenters. The zero-order valence-electron chi connectivity index (χ0n) is 9.86. The Morgan fingerprint density at radius 2 is 2.17 bits per heavy atom. The van der Waals surface area contributed by atoms with Crippen molar-refractivity contribution >= 4 is 23.2 Å². The minimum Gasteiger partial charge on any atom is -0.334 e. The molecule has 0 bridgehead atoms. The lowest BCUT2D eigenvalue weighted by Gasteiger charge is -2.02. The van der Waals surface area contributed by atoms with Gasteiger partial charge in [-0.1, -0.05) is 35.3 Å². The van der Waals surface area contributed by atoms with Gasteiger partial charge >= 0.3 is 0 Å². The highest BCUT2D eigenvalue weighted by Crippen LogP contribution is 2.29. The highest BCUT2D eigenvalue weighted by atomic mass is 35.5. The first-order chi connectivity index (χ1) is 8.60. The molecular formula is C12H13Cl2N3O. The molecule has 1 aromatic heterocycles. The Bertz CT molecular complexity index is 542. The van der Waals surface area contributed by atoms with Gasteiger partial charge in [-0.05, 0) is 24.6 Å². The van der Waals surface area contributed by atoms with E-state index in [-0.39, 0.29) is 6.04 Å². The molecule has 0 saturated heterocycles. The molecular weight excluding hydrogens is 273 g/mol. The summed E-state index contributed by atoms with van der Waals surface area (Å²) in [5.41, 5.74) is 6.47. The molecule has 0 saturated carbocycles. The molecule has 1 atom stereocenters. The van der Waals surface area contributed by atoms with E-state index in [2.05, 4.69) is 10.1 Å². The number of halogens is 2. The Morgan fingerprint density at radius 3 is 2.89 bits per heavy atom. The molecule has 1 aromatic carbocycles. The van der Waals surface area contributed by atoms with Crippen LogP contribution in [0.15, 0.2) is 22.7 Å². The van der Waals surface area contributed by atoms with Gasteiger partial charge in [0.25, 0.3) is 5.89 Å². The predicted octanol–water partition coefficient (Wildman–Crippen LogP) is 3.32. The molecule has 0 aliphatic rings. The number of nitrogens with zero attached hydrogens (tertiary/aromatic N) is 2. The Balaban J connectivity index is 2.26. The van der Waals surface area contributed by atoms with Crippen LogP contribution < -0.4 is 5.73 Å². The first kappa shape index (κ1) is 13.3. The van der Waals surface area contributed by atoms with Gasteiger partial charge in [-0.25, -0.2) is 0 Å². The van der Waals surface area contributed by atoms with Gasteiger partial charge in [0.2, 0.25) is 0 Å². The first-order valence-electron chi connectivity index (χ1n) is 5.63. The predicted molar refractivity (Wildman–Crippen MR) is 71.7 cm³/mol. The highest BCUT2D eigenvalue weighted by Gasteiger charge is 2.14. The van der Waals surface area contributed by atoms with Crippen molar-refractivity contribution in [1.29, 1.82) is 0 Å². The lowest BCUT2D eigenvalue weighted by atomic mass is 10.1. The lowest BCUT2D eigenvalue weighted by Crippen LogP contribution is -2.21. The van der Waals surface area contributed by atoms with Crippen LogP contribution in [0.2, 0.25) is 10.0 Å². The Kier molecular flexibility index (Phi) is 4.22. The van der Waals surface area contributed by atoms with E-state index in [1.807, 2.05) is 6.92 Å². The molecule has 0 aliphatic carbocycles. The van der Waals surface area contributed by atoms with Gasteiger partial charge in [-0.2, -0.15) is 4.98 Å². The first-order valence-corrected chi connectivity index (χ1v) is 6.39. The zero-order valence-corrected chi connectivity index (χ0v) is 11.4. The van der Waals surface area contributed by atoms with E-state index < -0.39 is 0 Å². The van der Waals surface area contributed by atoms with Crippen molar-refractivity contribution in [3.63, 3.8) is 0 Å². The summed E-state index contributed by atoms with van der Waals surface area (Å²) < 4.78 is 5.17. The maximum Gasteiger partial charge on any atom is 0.259 e. The highest BCUT2D eigenvalue weighted by molar-refractivity contribution is 6.35. The molecule has 0 amide bonds. The molecule has 0 radical (unpaired) electrons. The van der Waals surface area contributed by atoms with Gasteiger partial charge in [0.05, 0.1) is 10.6 Å². The van der Waals surface area contributed by atoms with Crippen LogP contribution >= 0.6 is 23.2 Å². The average Bonchev–Trinajstić information content (AvgIpc) is 2.80. The van der Waals surface area contributed by atoms with Crippen LogP contribution in [-0.2, 0) is 6.42 Å². The fourth-order valence-electron chi connectivity index (χ4n) is 1.49. The van der Waals surface area contributed by atoms with E-state index in [1.165, 1.54) is 0 Å². The summed E-state index contributed by atoms with van der Waals surface area (Å²) in [4.78, 5) is 4.27. The fourth-order valence-corrected chi connectivity index (χ4v) is 1.86. The number of benzene rings is 1. The monoisotopic (exact) mass is 285 g/mol. The fraction of sp³-hybridized carbons (Fsp3) is 0.333. The molecule has 2 N–H and O–H groups in total. The Morgan fingerprint density at radius 1 is 1.39 bits per heavy atom. The number of hydrogen-bond acceptors (Lipinski definition) is 4. The molecule has 0 spiro atoms. The Hall–Kier alpha value is -1.10. The van der Waals surface area contributed by atoms with Crippen molar-refractivity contribution in [2.24, 2.45) is 5.73 Å². The van der Waals surface area contributed by atoms with E-state index in [0.29, 0.717) is 33.7 Å². The van der Waals surface area contributed by atoms with Crippen LogP contribution in [0.1, 0.15) is 19.2 Å². The quantitative estimate of drug-likeness (QED) is 0.936. The van der Waals surface area contributed by atoms with Crippen molar-refractivity contribution in [3.8, 4) is 11.5 Å². The third kappa shape index (κ3) is 3.02. The van der Waals surface area contributed by atoms with Crippen molar-refractivity contribution in [2.45, 2.75) is 25.8 Å². The van der Waals surface area contributed by atoms with Gasteiger partial charge in [0.15, 0.2) is 5.82 Å². The summed E-state index contributed by atoms with van der Waals surface area (Å²) in [7, 11) is 0. The minimum atomic E-state index is 0.0327. The molecule has 2 aromatic rings. The average molecular weight is 286 g/mol. The number of aromatic nitrogens is 2. The van der Waals surface area contributed by atoms with Crippen LogP contribution in [0, 0.1) is 0 Å². The summed E-state index contributed by atoms with van der Waals surface area (Å²) in [6.45, 7) is 2.01. The number of rotatable bonds is 4. The minimum absolute atomic E-state index is 0.0327. The third-order valence-electron chi connectivity index (χ3n) is 2.60. The van der Waals surface area contributed by atoms with Crippen LogP contribution in [0.3, 0.4) is 0 Å². The topological polar surface area (TPSA) is 64.9 Å². The third-order valence-corrected chi connectivity index (χ3v) is 3.16. The van der Waals surface area contributed by atoms with Gasteiger partial charge in [0, 0.05) is 17.5 Å². The smallest absolute Gasteiger partial charge is 0.259 e. The van der Waals surface area contributed by atoms with Gasteiger partial charge < -0.3 is 10.3 Å². The van der Waals surface area contributed by atoms with Crippen molar-refractivity contribution < 1.29 is 4.52 Å². The standard InChI is InChI=1S/C12H13Cl2N3O/c1-2-8(15)6-11-16-12(18-17-11)9-5-7(13)3-4-10(9)14/h3-5,8H,2,6,15H2,1H3.